The zero-order valence-electron chi connectivity index (χ0n) is 15.8. The summed E-state index contributed by atoms with van der Waals surface area (Å²) in [5.41, 5.74) is 2.17. The van der Waals surface area contributed by atoms with E-state index in [4.69, 9.17) is 4.42 Å². The lowest BCUT2D eigenvalue weighted by Gasteiger charge is -2.38. The second-order valence-electron chi connectivity index (χ2n) is 7.28. The van der Waals surface area contributed by atoms with E-state index < -0.39 is 5.76 Å². The number of carbonyl (C=O) groups is 2. The van der Waals surface area contributed by atoms with Gasteiger partial charge in [-0.1, -0.05) is 0 Å². The SMILES string of the molecule is Cn1c(=O)oc2cc(NC(=O)CN3C(=O)[C@H]4CCCN4c4ncccc43)ccc21. The first-order chi connectivity index (χ1) is 14.0. The van der Waals surface area contributed by atoms with Gasteiger partial charge in [0.2, 0.25) is 11.8 Å². The average Bonchev–Trinajstić information content (AvgIpc) is 3.31. The molecule has 1 aromatic carbocycles. The largest absolute Gasteiger partial charge is 0.419 e. The van der Waals surface area contributed by atoms with Crippen LogP contribution < -0.4 is 20.9 Å². The van der Waals surface area contributed by atoms with Crippen LogP contribution in [0.25, 0.3) is 11.1 Å². The number of benzene rings is 1. The molecule has 2 aliphatic rings. The molecule has 2 aliphatic heterocycles. The molecule has 4 heterocycles. The van der Waals surface area contributed by atoms with Crippen LogP contribution >= 0.6 is 0 Å². The van der Waals surface area contributed by atoms with Crippen molar-refractivity contribution in [2.24, 2.45) is 7.05 Å². The number of nitrogens with zero attached hydrogens (tertiary/aromatic N) is 4. The molecule has 1 fully saturated rings. The Kier molecular flexibility index (Phi) is 3.90. The number of aryl methyl sites for hydroxylation is 1. The predicted octanol–water partition coefficient (Wildman–Crippen LogP) is 1.48. The van der Waals surface area contributed by atoms with E-state index >= 15 is 0 Å². The smallest absolute Gasteiger partial charge is 0.408 e. The van der Waals surface area contributed by atoms with Crippen molar-refractivity contribution in [2.45, 2.75) is 18.9 Å². The Labute approximate surface area is 165 Å². The van der Waals surface area contributed by atoms with Crippen LogP contribution in [0.15, 0.2) is 45.7 Å². The van der Waals surface area contributed by atoms with Crippen LogP contribution in [0.5, 0.6) is 0 Å². The number of hydrogen-bond donors (Lipinski definition) is 1. The van der Waals surface area contributed by atoms with E-state index in [-0.39, 0.29) is 24.4 Å². The van der Waals surface area contributed by atoms with E-state index in [1.165, 1.54) is 9.47 Å². The monoisotopic (exact) mass is 393 g/mol. The molecule has 2 amide bonds. The summed E-state index contributed by atoms with van der Waals surface area (Å²) in [7, 11) is 1.62. The molecule has 0 radical (unpaired) electrons. The third-order valence-electron chi connectivity index (χ3n) is 5.51. The Morgan fingerprint density at radius 3 is 3.03 bits per heavy atom. The van der Waals surface area contributed by atoms with Gasteiger partial charge in [-0.3, -0.25) is 19.1 Å². The lowest BCUT2D eigenvalue weighted by molar-refractivity contribution is -0.122. The van der Waals surface area contributed by atoms with Crippen molar-refractivity contribution in [3.05, 3.63) is 47.1 Å². The molecule has 148 valence electrons. The molecule has 0 aliphatic carbocycles. The minimum absolute atomic E-state index is 0.0809. The molecule has 1 saturated heterocycles. The summed E-state index contributed by atoms with van der Waals surface area (Å²) in [6, 6.07) is 8.31. The quantitative estimate of drug-likeness (QED) is 0.723. The molecule has 1 N–H and O–H groups in total. The van der Waals surface area contributed by atoms with Crippen LogP contribution in [-0.2, 0) is 16.6 Å². The second-order valence-corrected chi connectivity index (χ2v) is 7.28. The fourth-order valence-corrected chi connectivity index (χ4v) is 4.11. The average molecular weight is 393 g/mol. The lowest BCUT2D eigenvalue weighted by atomic mass is 10.1. The van der Waals surface area contributed by atoms with E-state index in [1.54, 1.807) is 37.5 Å². The summed E-state index contributed by atoms with van der Waals surface area (Å²) < 4.78 is 6.55. The maximum atomic E-state index is 13.0. The van der Waals surface area contributed by atoms with Gasteiger partial charge in [-0.25, -0.2) is 9.78 Å². The van der Waals surface area contributed by atoms with Gasteiger partial charge in [-0.2, -0.15) is 0 Å². The Bertz CT molecular complexity index is 1200. The third-order valence-corrected chi connectivity index (χ3v) is 5.51. The summed E-state index contributed by atoms with van der Waals surface area (Å²) in [4.78, 5) is 45.3. The zero-order valence-corrected chi connectivity index (χ0v) is 15.8. The molecular weight excluding hydrogens is 374 g/mol. The van der Waals surface area contributed by atoms with Crippen LogP contribution in [0, 0.1) is 0 Å². The summed E-state index contributed by atoms with van der Waals surface area (Å²) in [5.74, 6) is -0.137. The highest BCUT2D eigenvalue weighted by Gasteiger charge is 2.42. The first-order valence-electron chi connectivity index (χ1n) is 9.45. The molecule has 0 bridgehead atoms. The first kappa shape index (κ1) is 17.5. The molecule has 0 spiro atoms. The molecule has 1 atom stereocenters. The number of carbonyl (C=O) groups excluding carboxylic acids is 2. The highest BCUT2D eigenvalue weighted by atomic mass is 16.4. The lowest BCUT2D eigenvalue weighted by Crippen LogP contribution is -2.53. The van der Waals surface area contributed by atoms with Crippen LogP contribution in [0.4, 0.5) is 17.2 Å². The van der Waals surface area contributed by atoms with Crippen LogP contribution in [0.3, 0.4) is 0 Å². The molecule has 9 heteroatoms. The van der Waals surface area contributed by atoms with E-state index in [9.17, 15) is 14.4 Å². The minimum atomic E-state index is -0.465. The van der Waals surface area contributed by atoms with Crippen molar-refractivity contribution < 1.29 is 14.0 Å². The maximum absolute atomic E-state index is 13.0. The molecule has 29 heavy (non-hydrogen) atoms. The fraction of sp³-hybridized carbons (Fsp3) is 0.300. The number of amides is 2. The molecule has 9 nitrogen and oxygen atoms in total. The predicted molar refractivity (Wildman–Crippen MR) is 107 cm³/mol. The Hall–Kier alpha value is -3.62. The van der Waals surface area contributed by atoms with E-state index in [0.717, 1.165) is 25.2 Å². The highest BCUT2D eigenvalue weighted by molar-refractivity contribution is 6.09. The van der Waals surface area contributed by atoms with E-state index in [1.807, 2.05) is 11.0 Å². The molecule has 3 aromatic rings. The van der Waals surface area contributed by atoms with Gasteiger partial charge >= 0.3 is 5.76 Å². The van der Waals surface area contributed by atoms with Crippen molar-refractivity contribution in [1.82, 2.24) is 9.55 Å². The van der Waals surface area contributed by atoms with Gasteiger partial charge in [0.1, 0.15) is 12.6 Å². The van der Waals surface area contributed by atoms with E-state index in [0.29, 0.717) is 22.5 Å². The van der Waals surface area contributed by atoms with Gasteiger partial charge in [0.05, 0.1) is 11.2 Å². The zero-order chi connectivity index (χ0) is 20.1. The number of anilines is 3. The van der Waals surface area contributed by atoms with E-state index in [2.05, 4.69) is 10.3 Å². The molecule has 0 saturated carbocycles. The van der Waals surface area contributed by atoms with Gasteiger partial charge in [-0.15, -0.1) is 0 Å². The van der Waals surface area contributed by atoms with Crippen molar-refractivity contribution >= 4 is 40.1 Å². The van der Waals surface area contributed by atoms with Crippen molar-refractivity contribution in [2.75, 3.05) is 28.2 Å². The topological polar surface area (TPSA) is 101 Å². The van der Waals surface area contributed by atoms with Crippen molar-refractivity contribution in [3.63, 3.8) is 0 Å². The number of fused-ring (bicyclic) bond motifs is 4. The number of pyridine rings is 1. The van der Waals surface area contributed by atoms with Crippen molar-refractivity contribution in [1.29, 1.82) is 0 Å². The highest BCUT2D eigenvalue weighted by Crippen LogP contribution is 2.38. The van der Waals surface area contributed by atoms with Crippen LogP contribution in [-0.4, -0.2) is 40.5 Å². The van der Waals surface area contributed by atoms with Crippen molar-refractivity contribution in [3.8, 4) is 0 Å². The second kappa shape index (κ2) is 6.47. The Balaban J connectivity index is 1.40. The number of rotatable bonds is 3. The Morgan fingerprint density at radius 2 is 2.17 bits per heavy atom. The molecular formula is C20H19N5O4. The number of oxazole rings is 1. The van der Waals surface area contributed by atoms with Gasteiger partial charge in [0, 0.05) is 31.5 Å². The molecule has 2 aromatic heterocycles. The minimum Gasteiger partial charge on any atom is -0.408 e. The molecule has 0 unspecified atom stereocenters. The van der Waals surface area contributed by atoms with Gasteiger partial charge in [0.15, 0.2) is 11.4 Å². The number of aromatic nitrogens is 2. The fourth-order valence-electron chi connectivity index (χ4n) is 4.11. The first-order valence-corrected chi connectivity index (χ1v) is 9.45. The Morgan fingerprint density at radius 1 is 1.31 bits per heavy atom. The standard InChI is InChI=1S/C20H19N5O4/c1-23-13-7-6-12(10-16(13)29-20(23)28)22-17(26)11-25-14-4-2-8-21-18(14)24-9-3-5-15(24)19(25)27/h2,4,6-8,10,15H,3,5,9,11H2,1H3,(H,22,26)/t15-/m1/s1. The normalized spacial score (nSPS) is 18.1. The summed E-state index contributed by atoms with van der Waals surface area (Å²) in [6.45, 7) is 0.682. The maximum Gasteiger partial charge on any atom is 0.419 e. The number of hydrogen-bond acceptors (Lipinski definition) is 6. The molecule has 5 rings (SSSR count). The van der Waals surface area contributed by atoms with Crippen LogP contribution in [0.2, 0.25) is 0 Å². The number of nitrogens with one attached hydrogen (secondary N) is 1. The van der Waals surface area contributed by atoms with Crippen LogP contribution in [0.1, 0.15) is 12.8 Å². The van der Waals surface area contributed by atoms with Gasteiger partial charge in [0.25, 0.3) is 0 Å². The van der Waals surface area contributed by atoms with Gasteiger partial charge < -0.3 is 14.6 Å². The summed E-state index contributed by atoms with van der Waals surface area (Å²) in [5, 5.41) is 2.78. The summed E-state index contributed by atoms with van der Waals surface area (Å²) >= 11 is 0. The summed E-state index contributed by atoms with van der Waals surface area (Å²) in [6.07, 6.45) is 3.39. The third kappa shape index (κ3) is 2.77. The van der Waals surface area contributed by atoms with Gasteiger partial charge in [-0.05, 0) is 37.1 Å².